The van der Waals surface area contributed by atoms with Gasteiger partial charge < -0.3 is 10.2 Å². The molecule has 0 amide bonds. The molecule has 0 spiro atoms. The van der Waals surface area contributed by atoms with E-state index in [1.165, 1.54) is 5.56 Å². The van der Waals surface area contributed by atoms with Crippen LogP contribution in [0.25, 0.3) is 0 Å². The van der Waals surface area contributed by atoms with Crippen molar-refractivity contribution in [3.05, 3.63) is 23.9 Å². The van der Waals surface area contributed by atoms with Crippen LogP contribution in [0.1, 0.15) is 19.4 Å². The molecule has 0 unspecified atom stereocenters. The van der Waals surface area contributed by atoms with Crippen LogP contribution in [0.4, 0.5) is 5.82 Å². The van der Waals surface area contributed by atoms with E-state index >= 15 is 0 Å². The maximum absolute atomic E-state index is 4.31. The molecule has 0 aliphatic carbocycles. The van der Waals surface area contributed by atoms with Gasteiger partial charge in [0.1, 0.15) is 5.82 Å². The first kappa shape index (κ1) is 12.0. The van der Waals surface area contributed by atoms with Crippen LogP contribution in [0.3, 0.4) is 0 Å². The van der Waals surface area contributed by atoms with Crippen LogP contribution in [0.2, 0.25) is 0 Å². The molecular weight excluding hydrogens is 186 g/mol. The molecular formula is C12H21N3. The predicted molar refractivity (Wildman–Crippen MR) is 65.2 cm³/mol. The Balaban J connectivity index is 2.62. The number of hydrogen-bond donors (Lipinski definition) is 1. The highest BCUT2D eigenvalue weighted by Crippen LogP contribution is 2.14. The molecule has 3 heteroatoms. The van der Waals surface area contributed by atoms with Gasteiger partial charge in [0.2, 0.25) is 0 Å². The van der Waals surface area contributed by atoms with Crippen LogP contribution in [0.15, 0.2) is 18.3 Å². The van der Waals surface area contributed by atoms with Crippen LogP contribution in [0, 0.1) is 6.92 Å². The fourth-order valence-electron chi connectivity index (χ4n) is 1.13. The Morgan fingerprint density at radius 3 is 2.60 bits per heavy atom. The third kappa shape index (κ3) is 3.20. The van der Waals surface area contributed by atoms with Crippen molar-refractivity contribution >= 4 is 5.82 Å². The summed E-state index contributed by atoms with van der Waals surface area (Å²) in [6, 6.07) is 4.02. The Morgan fingerprint density at radius 1 is 1.40 bits per heavy atom. The summed E-state index contributed by atoms with van der Waals surface area (Å²) in [5.41, 5.74) is 1.32. The summed E-state index contributed by atoms with van der Waals surface area (Å²) in [5, 5.41) is 3.38. The van der Waals surface area contributed by atoms with Crippen molar-refractivity contribution in [1.29, 1.82) is 0 Å². The topological polar surface area (TPSA) is 28.2 Å². The fourth-order valence-corrected chi connectivity index (χ4v) is 1.13. The molecule has 0 radical (unpaired) electrons. The zero-order valence-corrected chi connectivity index (χ0v) is 10.3. The van der Waals surface area contributed by atoms with Gasteiger partial charge in [0.25, 0.3) is 0 Å². The highest BCUT2D eigenvalue weighted by molar-refractivity contribution is 5.42. The molecule has 1 aromatic rings. The van der Waals surface area contributed by atoms with Gasteiger partial charge in [-0.05, 0) is 46.5 Å². The summed E-state index contributed by atoms with van der Waals surface area (Å²) in [7, 11) is 4.18. The molecule has 1 aromatic heterocycles. The van der Waals surface area contributed by atoms with E-state index < -0.39 is 0 Å². The molecule has 3 nitrogen and oxygen atoms in total. The summed E-state index contributed by atoms with van der Waals surface area (Å²) in [6.07, 6.45) is 1.82. The summed E-state index contributed by atoms with van der Waals surface area (Å²) in [5.74, 6) is 0.979. The maximum atomic E-state index is 4.31. The fraction of sp³-hybridized carbons (Fsp3) is 0.583. The number of aryl methyl sites for hydroxylation is 1. The minimum absolute atomic E-state index is 0.129. The second kappa shape index (κ2) is 4.62. The number of likely N-dealkylation sites (N-methyl/N-ethyl adjacent to an activating group) is 1. The lowest BCUT2D eigenvalue weighted by molar-refractivity contribution is 0.210. The smallest absolute Gasteiger partial charge is 0.128 e. The molecule has 0 aliphatic rings. The Kier molecular flexibility index (Phi) is 3.69. The third-order valence-corrected chi connectivity index (χ3v) is 2.91. The molecule has 0 aromatic carbocycles. The quantitative estimate of drug-likeness (QED) is 0.820. The van der Waals surface area contributed by atoms with E-state index in [2.05, 4.69) is 56.1 Å². The van der Waals surface area contributed by atoms with E-state index in [-0.39, 0.29) is 5.54 Å². The number of anilines is 1. The average molecular weight is 207 g/mol. The standard InChI is InChI=1S/C12H21N3/c1-10-7-6-8-13-11(10)14-9-12(2,3)15(4)5/h6-8H,9H2,1-5H3,(H,13,14). The number of hydrogen-bond acceptors (Lipinski definition) is 3. The van der Waals surface area contributed by atoms with Gasteiger partial charge >= 0.3 is 0 Å². The van der Waals surface area contributed by atoms with Crippen LogP contribution in [-0.4, -0.2) is 36.1 Å². The highest BCUT2D eigenvalue weighted by Gasteiger charge is 2.20. The molecule has 1 heterocycles. The maximum Gasteiger partial charge on any atom is 0.128 e. The van der Waals surface area contributed by atoms with Gasteiger partial charge in [-0.15, -0.1) is 0 Å². The van der Waals surface area contributed by atoms with Crippen molar-refractivity contribution in [2.24, 2.45) is 0 Å². The summed E-state index contributed by atoms with van der Waals surface area (Å²) >= 11 is 0. The number of rotatable bonds is 4. The Morgan fingerprint density at radius 2 is 2.07 bits per heavy atom. The van der Waals surface area contributed by atoms with Gasteiger partial charge in [-0.3, -0.25) is 0 Å². The molecule has 0 aliphatic heterocycles. The van der Waals surface area contributed by atoms with Crippen molar-refractivity contribution < 1.29 is 0 Å². The van der Waals surface area contributed by atoms with Crippen LogP contribution in [0.5, 0.6) is 0 Å². The number of nitrogens with one attached hydrogen (secondary N) is 1. The summed E-state index contributed by atoms with van der Waals surface area (Å²) in [4.78, 5) is 6.52. The molecule has 0 fully saturated rings. The molecule has 1 rings (SSSR count). The van der Waals surface area contributed by atoms with Crippen molar-refractivity contribution in [1.82, 2.24) is 9.88 Å². The molecule has 0 bridgehead atoms. The predicted octanol–water partition coefficient (Wildman–Crippen LogP) is 2.14. The molecule has 0 atom stereocenters. The normalized spacial score (nSPS) is 11.9. The zero-order chi connectivity index (χ0) is 11.5. The Labute approximate surface area is 92.5 Å². The van der Waals surface area contributed by atoms with E-state index in [1.54, 1.807) is 0 Å². The Hall–Kier alpha value is -1.09. The summed E-state index contributed by atoms with van der Waals surface area (Å²) in [6.45, 7) is 7.37. The minimum atomic E-state index is 0.129. The van der Waals surface area contributed by atoms with E-state index in [9.17, 15) is 0 Å². The minimum Gasteiger partial charge on any atom is -0.368 e. The lowest BCUT2D eigenvalue weighted by Crippen LogP contribution is -2.44. The van der Waals surface area contributed by atoms with Crippen molar-refractivity contribution in [2.75, 3.05) is 26.0 Å². The average Bonchev–Trinajstić information content (AvgIpc) is 2.16. The molecule has 15 heavy (non-hydrogen) atoms. The lowest BCUT2D eigenvalue weighted by atomic mass is 10.0. The lowest BCUT2D eigenvalue weighted by Gasteiger charge is -2.33. The molecule has 84 valence electrons. The van der Waals surface area contributed by atoms with E-state index in [1.807, 2.05) is 12.3 Å². The first-order chi connectivity index (χ1) is 6.93. The number of pyridine rings is 1. The van der Waals surface area contributed by atoms with Gasteiger partial charge in [-0.25, -0.2) is 4.98 Å². The first-order valence-electron chi connectivity index (χ1n) is 5.26. The second-order valence-corrected chi connectivity index (χ2v) is 4.73. The molecule has 1 N–H and O–H groups in total. The van der Waals surface area contributed by atoms with E-state index in [0.29, 0.717) is 0 Å². The SMILES string of the molecule is Cc1cccnc1NCC(C)(C)N(C)C. The highest BCUT2D eigenvalue weighted by atomic mass is 15.2. The van der Waals surface area contributed by atoms with Gasteiger partial charge in [0.05, 0.1) is 0 Å². The monoisotopic (exact) mass is 207 g/mol. The van der Waals surface area contributed by atoms with Crippen LogP contribution in [-0.2, 0) is 0 Å². The number of aromatic nitrogens is 1. The van der Waals surface area contributed by atoms with E-state index in [0.717, 1.165) is 12.4 Å². The van der Waals surface area contributed by atoms with Gasteiger partial charge in [0, 0.05) is 18.3 Å². The van der Waals surface area contributed by atoms with Crippen molar-refractivity contribution in [3.8, 4) is 0 Å². The zero-order valence-electron chi connectivity index (χ0n) is 10.3. The molecule has 0 saturated carbocycles. The van der Waals surface area contributed by atoms with Crippen molar-refractivity contribution in [2.45, 2.75) is 26.3 Å². The van der Waals surface area contributed by atoms with Gasteiger partial charge in [-0.2, -0.15) is 0 Å². The third-order valence-electron chi connectivity index (χ3n) is 2.91. The number of nitrogens with zero attached hydrogens (tertiary/aromatic N) is 2. The van der Waals surface area contributed by atoms with Crippen LogP contribution >= 0.6 is 0 Å². The van der Waals surface area contributed by atoms with E-state index in [4.69, 9.17) is 0 Å². The van der Waals surface area contributed by atoms with Gasteiger partial charge in [-0.1, -0.05) is 6.07 Å². The van der Waals surface area contributed by atoms with Crippen LogP contribution < -0.4 is 5.32 Å². The van der Waals surface area contributed by atoms with Gasteiger partial charge in [0.15, 0.2) is 0 Å². The Bertz CT molecular complexity index is 318. The largest absolute Gasteiger partial charge is 0.368 e. The molecule has 0 saturated heterocycles. The van der Waals surface area contributed by atoms with Crippen molar-refractivity contribution in [3.63, 3.8) is 0 Å². The summed E-state index contributed by atoms with van der Waals surface area (Å²) < 4.78 is 0. The second-order valence-electron chi connectivity index (χ2n) is 4.73. The first-order valence-corrected chi connectivity index (χ1v) is 5.26.